The van der Waals surface area contributed by atoms with Crippen molar-refractivity contribution >= 4 is 0 Å². The highest BCUT2D eigenvalue weighted by molar-refractivity contribution is 5.14. The fraction of sp³-hybridized carbons (Fsp3) is 1.00. The van der Waals surface area contributed by atoms with Gasteiger partial charge in [0.2, 0.25) is 0 Å². The second kappa shape index (κ2) is 2.29. The van der Waals surface area contributed by atoms with Gasteiger partial charge in [0, 0.05) is 5.92 Å². The van der Waals surface area contributed by atoms with Crippen molar-refractivity contribution in [3.63, 3.8) is 0 Å². The summed E-state index contributed by atoms with van der Waals surface area (Å²) in [5.41, 5.74) is -1.84. The Balaban J connectivity index is 1.88. The van der Waals surface area contributed by atoms with Crippen LogP contribution in [0.25, 0.3) is 0 Å². The predicted octanol–water partition coefficient (Wildman–Crippen LogP) is 2.75. The highest BCUT2D eigenvalue weighted by Gasteiger charge is 2.73. The van der Waals surface area contributed by atoms with E-state index < -0.39 is 11.8 Å². The van der Waals surface area contributed by atoms with Gasteiger partial charge in [-0.25, -0.2) is 0 Å². The van der Waals surface area contributed by atoms with Gasteiger partial charge in [-0.05, 0) is 38.0 Å². The molecular weight excluding hydrogens is 193 g/mol. The molecule has 3 fully saturated rings. The number of fused-ring (bicyclic) bond motifs is 5. The van der Waals surface area contributed by atoms with E-state index in [2.05, 4.69) is 0 Å². The van der Waals surface area contributed by atoms with Gasteiger partial charge in [-0.2, -0.15) is 13.2 Å². The van der Waals surface area contributed by atoms with Gasteiger partial charge in [-0.15, -0.1) is 0 Å². The Morgan fingerprint density at radius 2 is 1.86 bits per heavy atom. The molecule has 3 rings (SSSR count). The zero-order valence-electron chi connectivity index (χ0n) is 7.97. The van der Waals surface area contributed by atoms with Crippen molar-refractivity contribution in [2.75, 3.05) is 0 Å². The molecule has 1 heterocycles. The molecule has 0 amide bonds. The van der Waals surface area contributed by atoms with E-state index in [0.29, 0.717) is 5.92 Å². The van der Waals surface area contributed by atoms with Crippen LogP contribution in [-0.2, 0) is 4.74 Å². The van der Waals surface area contributed by atoms with Gasteiger partial charge in [0.1, 0.15) is 0 Å². The maximum absolute atomic E-state index is 12.7. The molecular formula is C10H13F3O. The third-order valence-electron chi connectivity index (χ3n) is 4.42. The SMILES string of the molecule is CC1(C(F)(F)F)OC2C3CCC(C3)C21. The average Bonchev–Trinajstić information content (AvgIpc) is 2.55. The highest BCUT2D eigenvalue weighted by Crippen LogP contribution is 2.64. The summed E-state index contributed by atoms with van der Waals surface area (Å²) in [7, 11) is 0. The molecule has 0 aromatic rings. The fourth-order valence-corrected chi connectivity index (χ4v) is 3.72. The molecule has 2 saturated carbocycles. The average molecular weight is 206 g/mol. The Labute approximate surface area is 80.6 Å². The molecule has 2 aliphatic carbocycles. The highest BCUT2D eigenvalue weighted by atomic mass is 19.4. The van der Waals surface area contributed by atoms with Crippen molar-refractivity contribution < 1.29 is 17.9 Å². The Morgan fingerprint density at radius 1 is 1.21 bits per heavy atom. The van der Waals surface area contributed by atoms with Crippen molar-refractivity contribution in [2.45, 2.75) is 44.1 Å². The zero-order valence-corrected chi connectivity index (χ0v) is 7.97. The van der Waals surface area contributed by atoms with Crippen LogP contribution in [0, 0.1) is 17.8 Å². The van der Waals surface area contributed by atoms with Crippen LogP contribution in [-0.4, -0.2) is 17.9 Å². The second-order valence-electron chi connectivity index (χ2n) is 5.05. The number of halogens is 3. The summed E-state index contributed by atoms with van der Waals surface area (Å²) in [5.74, 6) is 0.437. The summed E-state index contributed by atoms with van der Waals surface area (Å²) in [4.78, 5) is 0. The van der Waals surface area contributed by atoms with E-state index >= 15 is 0 Å². The van der Waals surface area contributed by atoms with Crippen molar-refractivity contribution in [1.29, 1.82) is 0 Å². The van der Waals surface area contributed by atoms with Gasteiger partial charge < -0.3 is 4.74 Å². The monoisotopic (exact) mass is 206 g/mol. The van der Waals surface area contributed by atoms with E-state index in [4.69, 9.17) is 4.74 Å². The molecule has 1 aliphatic heterocycles. The molecule has 4 heteroatoms. The minimum atomic E-state index is -4.20. The summed E-state index contributed by atoms with van der Waals surface area (Å²) >= 11 is 0. The summed E-state index contributed by atoms with van der Waals surface area (Å²) in [6, 6.07) is 0. The van der Waals surface area contributed by atoms with Crippen molar-refractivity contribution in [2.24, 2.45) is 17.8 Å². The van der Waals surface area contributed by atoms with Crippen molar-refractivity contribution in [1.82, 2.24) is 0 Å². The van der Waals surface area contributed by atoms with Crippen LogP contribution < -0.4 is 0 Å². The van der Waals surface area contributed by atoms with Gasteiger partial charge in [0.15, 0.2) is 5.60 Å². The van der Waals surface area contributed by atoms with Crippen LogP contribution in [0.1, 0.15) is 26.2 Å². The van der Waals surface area contributed by atoms with Gasteiger partial charge in [0.25, 0.3) is 0 Å². The van der Waals surface area contributed by atoms with Crippen LogP contribution in [0.5, 0.6) is 0 Å². The van der Waals surface area contributed by atoms with E-state index in [9.17, 15) is 13.2 Å². The first-order valence-electron chi connectivity index (χ1n) is 5.18. The van der Waals surface area contributed by atoms with Gasteiger partial charge in [-0.3, -0.25) is 0 Å². The van der Waals surface area contributed by atoms with E-state index in [-0.39, 0.29) is 17.9 Å². The normalized spacial score (nSPS) is 55.7. The molecule has 1 saturated heterocycles. The molecule has 1 nitrogen and oxygen atoms in total. The van der Waals surface area contributed by atoms with E-state index in [1.165, 1.54) is 6.92 Å². The summed E-state index contributed by atoms with van der Waals surface area (Å²) in [5, 5.41) is 0. The summed E-state index contributed by atoms with van der Waals surface area (Å²) in [6.07, 6.45) is -1.28. The Morgan fingerprint density at radius 3 is 2.43 bits per heavy atom. The topological polar surface area (TPSA) is 9.23 Å². The lowest BCUT2D eigenvalue weighted by Gasteiger charge is -2.55. The van der Waals surface area contributed by atoms with Crippen LogP contribution in [0.2, 0.25) is 0 Å². The fourth-order valence-electron chi connectivity index (χ4n) is 3.72. The van der Waals surface area contributed by atoms with Gasteiger partial charge in [0.05, 0.1) is 6.10 Å². The van der Waals surface area contributed by atoms with Crippen molar-refractivity contribution in [3.8, 4) is 0 Å². The lowest BCUT2D eigenvalue weighted by atomic mass is 9.70. The maximum atomic E-state index is 12.7. The molecule has 14 heavy (non-hydrogen) atoms. The standard InChI is InChI=1S/C10H13F3O/c1-9(10(11,12)13)7-5-2-3-6(4-5)8(7)14-9/h5-8H,2-4H2,1H3. The van der Waals surface area contributed by atoms with Crippen molar-refractivity contribution in [3.05, 3.63) is 0 Å². The Bertz CT molecular complexity index is 273. The van der Waals surface area contributed by atoms with Gasteiger partial charge >= 0.3 is 6.18 Å². The molecule has 0 aromatic carbocycles. The quantitative estimate of drug-likeness (QED) is 0.592. The van der Waals surface area contributed by atoms with Crippen LogP contribution in [0.15, 0.2) is 0 Å². The van der Waals surface area contributed by atoms with Gasteiger partial charge in [-0.1, -0.05) is 0 Å². The zero-order chi connectivity index (χ0) is 10.1. The first-order valence-corrected chi connectivity index (χ1v) is 5.18. The largest absolute Gasteiger partial charge is 0.417 e. The predicted molar refractivity (Wildman–Crippen MR) is 43.7 cm³/mol. The number of ether oxygens (including phenoxy) is 1. The first kappa shape index (κ1) is 9.01. The lowest BCUT2D eigenvalue weighted by molar-refractivity contribution is -0.384. The third kappa shape index (κ3) is 0.818. The number of rotatable bonds is 0. The minimum Gasteiger partial charge on any atom is -0.361 e. The lowest BCUT2D eigenvalue weighted by Crippen LogP contribution is -2.67. The van der Waals surface area contributed by atoms with Crippen LogP contribution in [0.3, 0.4) is 0 Å². The van der Waals surface area contributed by atoms with E-state index in [1.807, 2.05) is 0 Å². The number of hydrogen-bond donors (Lipinski definition) is 0. The third-order valence-corrected chi connectivity index (χ3v) is 4.42. The Hall–Kier alpha value is -0.250. The smallest absolute Gasteiger partial charge is 0.361 e. The summed E-state index contributed by atoms with van der Waals surface area (Å²) < 4.78 is 43.3. The molecule has 0 N–H and O–H groups in total. The Kier molecular flexibility index (Phi) is 1.47. The molecule has 80 valence electrons. The molecule has 0 aromatic heterocycles. The summed E-state index contributed by atoms with van der Waals surface area (Å²) in [6.45, 7) is 1.22. The molecule has 0 spiro atoms. The molecule has 3 aliphatic rings. The molecule has 5 unspecified atom stereocenters. The number of hydrogen-bond acceptors (Lipinski definition) is 1. The first-order chi connectivity index (χ1) is 6.43. The molecule has 5 atom stereocenters. The number of alkyl halides is 3. The van der Waals surface area contributed by atoms with Crippen LogP contribution >= 0.6 is 0 Å². The molecule has 0 radical (unpaired) electrons. The maximum Gasteiger partial charge on any atom is 0.417 e. The van der Waals surface area contributed by atoms with E-state index in [0.717, 1.165) is 19.3 Å². The van der Waals surface area contributed by atoms with Crippen LogP contribution in [0.4, 0.5) is 13.2 Å². The second-order valence-corrected chi connectivity index (χ2v) is 5.05. The minimum absolute atomic E-state index is 0.0830. The van der Waals surface area contributed by atoms with E-state index in [1.54, 1.807) is 0 Å². The molecule has 2 bridgehead atoms.